The summed E-state index contributed by atoms with van der Waals surface area (Å²) >= 11 is 0. The smallest absolute Gasteiger partial charge is 0.387 e. The second-order valence-corrected chi connectivity index (χ2v) is 2.50. The van der Waals surface area contributed by atoms with E-state index in [2.05, 4.69) is 4.74 Å². The first-order chi connectivity index (χ1) is 6.13. The molecule has 0 heterocycles. The summed E-state index contributed by atoms with van der Waals surface area (Å²) in [7, 11) is 0. The highest BCUT2D eigenvalue weighted by Gasteiger charge is 2.09. The number of hydrogen-bond acceptors (Lipinski definition) is 1. The summed E-state index contributed by atoms with van der Waals surface area (Å²) in [6.07, 6.45) is 0.659. The van der Waals surface area contributed by atoms with Crippen LogP contribution in [0.1, 0.15) is 12.5 Å². The molecule has 72 valence electrons. The highest BCUT2D eigenvalue weighted by Crippen LogP contribution is 2.20. The molecule has 1 rings (SSSR count). The fraction of sp³-hybridized carbons (Fsp3) is 0.333. The molecular formula is C9H9F3O. The molecule has 0 saturated carbocycles. The van der Waals surface area contributed by atoms with Crippen molar-refractivity contribution in [1.82, 2.24) is 0 Å². The van der Waals surface area contributed by atoms with E-state index in [1.165, 1.54) is 12.1 Å². The summed E-state index contributed by atoms with van der Waals surface area (Å²) in [6.45, 7) is -1.13. The van der Waals surface area contributed by atoms with Crippen LogP contribution in [0.15, 0.2) is 18.2 Å². The van der Waals surface area contributed by atoms with Crippen LogP contribution in [0.25, 0.3) is 0 Å². The summed E-state index contributed by atoms with van der Waals surface area (Å²) < 4.78 is 40.3. The zero-order chi connectivity index (χ0) is 9.84. The van der Waals surface area contributed by atoms with Crippen LogP contribution in [0.4, 0.5) is 13.2 Å². The molecular weight excluding hydrogens is 181 g/mol. The molecule has 0 aliphatic rings. The zero-order valence-electron chi connectivity index (χ0n) is 7.06. The standard InChI is InChI=1S/C9H9F3O/c1-2-6-3-4-8(7(10)5-6)13-9(11)12/h3-5,9H,2H2,1H3. The summed E-state index contributed by atoms with van der Waals surface area (Å²) in [5, 5.41) is 0. The van der Waals surface area contributed by atoms with Gasteiger partial charge in [0, 0.05) is 0 Å². The molecule has 0 fully saturated rings. The normalized spacial score (nSPS) is 10.5. The van der Waals surface area contributed by atoms with Crippen LogP contribution in [0.3, 0.4) is 0 Å². The second-order valence-electron chi connectivity index (χ2n) is 2.50. The minimum atomic E-state index is -2.98. The van der Waals surface area contributed by atoms with E-state index >= 15 is 0 Å². The van der Waals surface area contributed by atoms with Crippen molar-refractivity contribution in [3.05, 3.63) is 29.6 Å². The number of hydrogen-bond donors (Lipinski definition) is 0. The largest absolute Gasteiger partial charge is 0.432 e. The van der Waals surface area contributed by atoms with Gasteiger partial charge in [0.1, 0.15) is 0 Å². The van der Waals surface area contributed by atoms with Crippen molar-refractivity contribution in [2.75, 3.05) is 0 Å². The van der Waals surface area contributed by atoms with Gasteiger partial charge in [0.25, 0.3) is 0 Å². The molecule has 0 bridgehead atoms. The number of benzene rings is 1. The summed E-state index contributed by atoms with van der Waals surface area (Å²) in [5.74, 6) is -1.16. The van der Waals surface area contributed by atoms with Crippen LogP contribution >= 0.6 is 0 Å². The quantitative estimate of drug-likeness (QED) is 0.711. The molecule has 0 spiro atoms. The van der Waals surface area contributed by atoms with Crippen molar-refractivity contribution >= 4 is 0 Å². The topological polar surface area (TPSA) is 9.23 Å². The van der Waals surface area contributed by atoms with E-state index in [0.29, 0.717) is 6.42 Å². The van der Waals surface area contributed by atoms with Crippen molar-refractivity contribution in [1.29, 1.82) is 0 Å². The highest BCUT2D eigenvalue weighted by atomic mass is 19.3. The summed E-state index contributed by atoms with van der Waals surface area (Å²) in [5.41, 5.74) is 0.749. The van der Waals surface area contributed by atoms with Gasteiger partial charge in [-0.3, -0.25) is 0 Å². The minimum Gasteiger partial charge on any atom is -0.432 e. The number of halogens is 3. The Labute approximate surface area is 74.1 Å². The van der Waals surface area contributed by atoms with Crippen molar-refractivity contribution in [2.45, 2.75) is 20.0 Å². The first-order valence-corrected chi connectivity index (χ1v) is 3.86. The van der Waals surface area contributed by atoms with Crippen LogP contribution in [-0.4, -0.2) is 6.61 Å². The van der Waals surface area contributed by atoms with Crippen LogP contribution < -0.4 is 4.74 Å². The molecule has 1 aromatic rings. The molecule has 4 heteroatoms. The SMILES string of the molecule is CCc1ccc(OC(F)F)c(F)c1. The Morgan fingerprint density at radius 3 is 2.54 bits per heavy atom. The number of aryl methyl sites for hydroxylation is 1. The predicted molar refractivity (Wildman–Crippen MR) is 42.4 cm³/mol. The Hall–Kier alpha value is -1.19. The van der Waals surface area contributed by atoms with Gasteiger partial charge in [-0.05, 0) is 24.1 Å². The second kappa shape index (κ2) is 4.16. The maximum Gasteiger partial charge on any atom is 0.387 e. The Morgan fingerprint density at radius 2 is 2.08 bits per heavy atom. The van der Waals surface area contributed by atoms with Gasteiger partial charge in [-0.25, -0.2) is 4.39 Å². The van der Waals surface area contributed by atoms with Crippen molar-refractivity contribution < 1.29 is 17.9 Å². The molecule has 13 heavy (non-hydrogen) atoms. The molecule has 0 aliphatic heterocycles. The van der Waals surface area contributed by atoms with Crippen LogP contribution in [0, 0.1) is 5.82 Å². The lowest BCUT2D eigenvalue weighted by molar-refractivity contribution is -0.0522. The van der Waals surface area contributed by atoms with E-state index in [0.717, 1.165) is 5.56 Å². The Morgan fingerprint density at radius 1 is 1.38 bits per heavy atom. The van der Waals surface area contributed by atoms with E-state index in [1.807, 2.05) is 6.92 Å². The third-order valence-electron chi connectivity index (χ3n) is 1.62. The Kier molecular flexibility index (Phi) is 3.17. The van der Waals surface area contributed by atoms with E-state index < -0.39 is 18.2 Å². The Bertz CT molecular complexity index is 286. The maximum atomic E-state index is 12.9. The van der Waals surface area contributed by atoms with Crippen molar-refractivity contribution in [3.63, 3.8) is 0 Å². The van der Waals surface area contributed by atoms with Gasteiger partial charge in [0.15, 0.2) is 11.6 Å². The number of ether oxygens (including phenoxy) is 1. The number of rotatable bonds is 3. The third-order valence-corrected chi connectivity index (χ3v) is 1.62. The Balaban J connectivity index is 2.85. The van der Waals surface area contributed by atoms with Crippen LogP contribution in [-0.2, 0) is 6.42 Å². The molecule has 0 N–H and O–H groups in total. The lowest BCUT2D eigenvalue weighted by Crippen LogP contribution is -2.03. The van der Waals surface area contributed by atoms with Crippen molar-refractivity contribution in [2.24, 2.45) is 0 Å². The first-order valence-electron chi connectivity index (χ1n) is 3.86. The van der Waals surface area contributed by atoms with Gasteiger partial charge in [-0.2, -0.15) is 8.78 Å². The van der Waals surface area contributed by atoms with E-state index in [9.17, 15) is 13.2 Å². The van der Waals surface area contributed by atoms with Crippen LogP contribution in [0.5, 0.6) is 5.75 Å². The minimum absolute atomic E-state index is 0.410. The van der Waals surface area contributed by atoms with Gasteiger partial charge < -0.3 is 4.74 Å². The molecule has 0 amide bonds. The average molecular weight is 190 g/mol. The third kappa shape index (κ3) is 2.65. The van der Waals surface area contributed by atoms with Gasteiger partial charge in [0.2, 0.25) is 0 Å². The zero-order valence-corrected chi connectivity index (χ0v) is 7.06. The lowest BCUT2D eigenvalue weighted by atomic mass is 10.1. The van der Waals surface area contributed by atoms with Gasteiger partial charge >= 0.3 is 6.61 Å². The van der Waals surface area contributed by atoms with Crippen LogP contribution in [0.2, 0.25) is 0 Å². The monoisotopic (exact) mass is 190 g/mol. The summed E-state index contributed by atoms with van der Waals surface area (Å²) in [6, 6.07) is 3.96. The highest BCUT2D eigenvalue weighted by molar-refractivity contribution is 5.29. The predicted octanol–water partition coefficient (Wildman–Crippen LogP) is 2.99. The fourth-order valence-electron chi connectivity index (χ4n) is 0.956. The van der Waals surface area contributed by atoms with Crippen molar-refractivity contribution in [3.8, 4) is 5.75 Å². The molecule has 0 saturated heterocycles. The molecule has 0 radical (unpaired) electrons. The molecule has 0 aromatic heterocycles. The lowest BCUT2D eigenvalue weighted by Gasteiger charge is -2.06. The molecule has 0 unspecified atom stereocenters. The molecule has 1 nitrogen and oxygen atoms in total. The van der Waals surface area contributed by atoms with E-state index in [4.69, 9.17) is 0 Å². The first kappa shape index (κ1) is 9.89. The molecule has 1 aromatic carbocycles. The van der Waals surface area contributed by atoms with Gasteiger partial charge in [-0.15, -0.1) is 0 Å². The molecule has 0 atom stereocenters. The van der Waals surface area contributed by atoms with E-state index in [-0.39, 0.29) is 0 Å². The number of alkyl halides is 2. The molecule has 0 aliphatic carbocycles. The van der Waals surface area contributed by atoms with E-state index in [1.54, 1.807) is 6.07 Å². The fourth-order valence-corrected chi connectivity index (χ4v) is 0.956. The average Bonchev–Trinajstić information content (AvgIpc) is 2.08. The maximum absolute atomic E-state index is 12.9. The van der Waals surface area contributed by atoms with Gasteiger partial charge in [-0.1, -0.05) is 13.0 Å². The van der Waals surface area contributed by atoms with Gasteiger partial charge in [0.05, 0.1) is 0 Å². The summed E-state index contributed by atoms with van der Waals surface area (Å²) in [4.78, 5) is 0.